The minimum Gasteiger partial charge on any atom is -0.365 e. The quantitative estimate of drug-likeness (QED) is 0.779. The zero-order chi connectivity index (χ0) is 20.6. The van der Waals surface area contributed by atoms with Crippen LogP contribution in [0.3, 0.4) is 0 Å². The normalized spacial score (nSPS) is 18.6. The lowest BCUT2D eigenvalue weighted by Gasteiger charge is -2.40. The Labute approximate surface area is 170 Å². The van der Waals surface area contributed by atoms with Gasteiger partial charge in [0.05, 0.1) is 18.1 Å². The van der Waals surface area contributed by atoms with Crippen LogP contribution in [0.25, 0.3) is 0 Å². The van der Waals surface area contributed by atoms with Crippen molar-refractivity contribution in [3.8, 4) is 0 Å². The molecule has 4 heterocycles. The van der Waals surface area contributed by atoms with Crippen LogP contribution in [-0.2, 0) is 11.9 Å². The molecule has 29 heavy (non-hydrogen) atoms. The number of amides is 1. The van der Waals surface area contributed by atoms with E-state index < -0.39 is 5.72 Å². The summed E-state index contributed by atoms with van der Waals surface area (Å²) < 4.78 is 1.79. The molecule has 2 aliphatic rings. The molecular weight excluding hydrogens is 370 g/mol. The van der Waals surface area contributed by atoms with E-state index in [9.17, 15) is 4.79 Å². The van der Waals surface area contributed by atoms with E-state index in [0.717, 1.165) is 31.6 Å². The molecule has 154 valence electrons. The average Bonchev–Trinajstić information content (AvgIpc) is 3.26. The van der Waals surface area contributed by atoms with E-state index in [2.05, 4.69) is 32.0 Å². The molecule has 0 N–H and O–H groups in total. The Morgan fingerprint density at radius 3 is 2.66 bits per heavy atom. The van der Waals surface area contributed by atoms with Crippen LogP contribution in [0.5, 0.6) is 0 Å². The number of carbonyl (C=O) groups excluding carboxylic acids is 1. The van der Waals surface area contributed by atoms with Crippen LogP contribution in [0, 0.1) is 0 Å². The van der Waals surface area contributed by atoms with Gasteiger partial charge in [0.25, 0.3) is 5.91 Å². The number of oxime groups is 1. The lowest BCUT2D eigenvalue weighted by Crippen LogP contribution is -2.53. The highest BCUT2D eigenvalue weighted by molar-refractivity contribution is 6.06. The van der Waals surface area contributed by atoms with Gasteiger partial charge in [-0.1, -0.05) is 5.16 Å². The maximum Gasteiger partial charge on any atom is 0.276 e. The molecule has 0 radical (unpaired) electrons. The third-order valence-corrected chi connectivity index (χ3v) is 5.93. The molecule has 9 heteroatoms. The molecule has 1 saturated heterocycles. The zero-order valence-electron chi connectivity index (χ0n) is 17.4. The minimum atomic E-state index is -0.427. The molecule has 2 aromatic rings. The molecule has 0 saturated carbocycles. The molecule has 1 spiro atoms. The van der Waals surface area contributed by atoms with E-state index in [1.165, 1.54) is 0 Å². The fraction of sp³-hybridized carbons (Fsp3) is 0.500. The number of hydrogen-bond acceptors (Lipinski definition) is 7. The van der Waals surface area contributed by atoms with Crippen molar-refractivity contribution < 1.29 is 9.63 Å². The van der Waals surface area contributed by atoms with Gasteiger partial charge in [-0.25, -0.2) is 4.98 Å². The number of piperidine rings is 1. The average molecular weight is 397 g/mol. The van der Waals surface area contributed by atoms with Crippen molar-refractivity contribution >= 4 is 17.4 Å². The molecule has 2 aliphatic heterocycles. The van der Waals surface area contributed by atoms with E-state index in [0.29, 0.717) is 23.9 Å². The Balaban J connectivity index is 1.58. The molecule has 0 aromatic carbocycles. The Kier molecular flexibility index (Phi) is 4.99. The molecule has 0 atom stereocenters. The van der Waals surface area contributed by atoms with Crippen molar-refractivity contribution in [3.05, 3.63) is 42.2 Å². The van der Waals surface area contributed by atoms with Crippen molar-refractivity contribution in [1.29, 1.82) is 0 Å². The summed E-state index contributed by atoms with van der Waals surface area (Å²) >= 11 is 0. The lowest BCUT2D eigenvalue weighted by atomic mass is 9.99. The number of amidine groups is 1. The second kappa shape index (κ2) is 7.47. The first-order valence-electron chi connectivity index (χ1n) is 9.89. The summed E-state index contributed by atoms with van der Waals surface area (Å²) in [5.74, 6) is 1.15. The van der Waals surface area contributed by atoms with Gasteiger partial charge in [-0.3, -0.25) is 9.78 Å². The SMILES string of the molecule is CCN(C(=O)c1cnc(C2=NOC3(CCN(C)CC3)N2C)n1C)c1cccnc1. The van der Waals surface area contributed by atoms with Crippen molar-refractivity contribution in [2.75, 3.05) is 38.6 Å². The topological polar surface area (TPSA) is 79.1 Å². The Bertz CT molecular complexity index is 916. The van der Waals surface area contributed by atoms with Gasteiger partial charge in [-0.15, -0.1) is 0 Å². The predicted octanol–water partition coefficient (Wildman–Crippen LogP) is 1.53. The summed E-state index contributed by atoms with van der Waals surface area (Å²) in [6.45, 7) is 4.38. The number of anilines is 1. The number of carbonyl (C=O) groups is 1. The summed E-state index contributed by atoms with van der Waals surface area (Å²) in [4.78, 5) is 33.8. The molecule has 2 aromatic heterocycles. The minimum absolute atomic E-state index is 0.127. The third-order valence-electron chi connectivity index (χ3n) is 5.93. The molecular formula is C20H27N7O2. The van der Waals surface area contributed by atoms with Crippen molar-refractivity contribution in [2.45, 2.75) is 25.5 Å². The Hall–Kier alpha value is -2.94. The Morgan fingerprint density at radius 2 is 2.00 bits per heavy atom. The summed E-state index contributed by atoms with van der Waals surface area (Å²) in [7, 11) is 5.94. The van der Waals surface area contributed by atoms with Gasteiger partial charge >= 0.3 is 0 Å². The number of rotatable bonds is 4. The van der Waals surface area contributed by atoms with Gasteiger partial charge in [0, 0.05) is 52.8 Å². The smallest absolute Gasteiger partial charge is 0.276 e. The number of imidazole rings is 1. The van der Waals surface area contributed by atoms with E-state index in [1.807, 2.05) is 33.2 Å². The molecule has 0 aliphatic carbocycles. The molecule has 0 unspecified atom stereocenters. The van der Waals surface area contributed by atoms with Crippen LogP contribution in [0.2, 0.25) is 0 Å². The van der Waals surface area contributed by atoms with E-state index in [4.69, 9.17) is 4.84 Å². The third kappa shape index (κ3) is 3.25. The second-order valence-electron chi connectivity index (χ2n) is 7.60. The summed E-state index contributed by atoms with van der Waals surface area (Å²) in [6.07, 6.45) is 6.72. The highest BCUT2D eigenvalue weighted by Crippen LogP contribution is 2.34. The summed E-state index contributed by atoms with van der Waals surface area (Å²) in [6, 6.07) is 3.69. The maximum atomic E-state index is 13.2. The van der Waals surface area contributed by atoms with Crippen molar-refractivity contribution in [3.63, 3.8) is 0 Å². The van der Waals surface area contributed by atoms with Crippen molar-refractivity contribution in [2.24, 2.45) is 12.2 Å². The number of nitrogens with zero attached hydrogens (tertiary/aromatic N) is 7. The van der Waals surface area contributed by atoms with Crippen molar-refractivity contribution in [1.82, 2.24) is 24.3 Å². The van der Waals surface area contributed by atoms with Gasteiger partial charge in [0.2, 0.25) is 11.6 Å². The fourth-order valence-electron chi connectivity index (χ4n) is 3.94. The number of hydrogen-bond donors (Lipinski definition) is 0. The van der Waals surface area contributed by atoms with Crippen LogP contribution in [-0.4, -0.2) is 75.5 Å². The van der Waals surface area contributed by atoms with Gasteiger partial charge < -0.3 is 24.1 Å². The lowest BCUT2D eigenvalue weighted by molar-refractivity contribution is -0.123. The van der Waals surface area contributed by atoms with E-state index in [-0.39, 0.29) is 5.91 Å². The van der Waals surface area contributed by atoms with Gasteiger partial charge in [-0.05, 0) is 26.1 Å². The molecule has 0 bridgehead atoms. The second-order valence-corrected chi connectivity index (χ2v) is 7.60. The molecule has 4 rings (SSSR count). The van der Waals surface area contributed by atoms with Gasteiger partial charge in [0.15, 0.2) is 5.82 Å². The monoisotopic (exact) mass is 397 g/mol. The van der Waals surface area contributed by atoms with E-state index in [1.54, 1.807) is 28.1 Å². The summed E-state index contributed by atoms with van der Waals surface area (Å²) in [5, 5.41) is 4.35. The van der Waals surface area contributed by atoms with Gasteiger partial charge in [-0.2, -0.15) is 0 Å². The van der Waals surface area contributed by atoms with Crippen LogP contribution < -0.4 is 4.90 Å². The summed E-state index contributed by atoms with van der Waals surface area (Å²) in [5.41, 5.74) is 0.821. The zero-order valence-corrected chi connectivity index (χ0v) is 17.4. The number of pyridine rings is 1. The van der Waals surface area contributed by atoms with Crippen LogP contribution in [0.4, 0.5) is 5.69 Å². The van der Waals surface area contributed by atoms with Crippen LogP contribution in [0.15, 0.2) is 35.9 Å². The van der Waals surface area contributed by atoms with Crippen LogP contribution >= 0.6 is 0 Å². The first-order chi connectivity index (χ1) is 14.0. The molecule has 1 amide bonds. The first kappa shape index (κ1) is 19.4. The fourth-order valence-corrected chi connectivity index (χ4v) is 3.94. The van der Waals surface area contributed by atoms with E-state index >= 15 is 0 Å². The number of aromatic nitrogens is 3. The standard InChI is InChI=1S/C20H27N7O2/c1-5-27(15-7-6-10-21-13-15)19(28)16-14-22-17(25(16)3)18-23-29-20(26(18)4)8-11-24(2)12-9-20/h6-7,10,13-14H,5,8-9,11-12H2,1-4H3. The predicted molar refractivity (Wildman–Crippen MR) is 110 cm³/mol. The molecule has 1 fully saturated rings. The first-order valence-corrected chi connectivity index (χ1v) is 9.89. The van der Waals surface area contributed by atoms with Gasteiger partial charge in [0.1, 0.15) is 5.69 Å². The Morgan fingerprint density at radius 1 is 1.24 bits per heavy atom. The maximum absolute atomic E-state index is 13.2. The highest BCUT2D eigenvalue weighted by Gasteiger charge is 2.47. The molecule has 9 nitrogen and oxygen atoms in total. The highest BCUT2D eigenvalue weighted by atomic mass is 16.7. The van der Waals surface area contributed by atoms with Crippen LogP contribution in [0.1, 0.15) is 36.1 Å². The largest absolute Gasteiger partial charge is 0.365 e. The number of likely N-dealkylation sites (tertiary alicyclic amines) is 1.